The molecule has 6 heteroatoms. The summed E-state index contributed by atoms with van der Waals surface area (Å²) in [5.41, 5.74) is 1.35. The number of anilines is 1. The van der Waals surface area contributed by atoms with Crippen molar-refractivity contribution in [1.82, 2.24) is 10.2 Å². The zero-order chi connectivity index (χ0) is 18.1. The summed E-state index contributed by atoms with van der Waals surface area (Å²) in [5.74, 6) is -0.0690. The highest BCUT2D eigenvalue weighted by Crippen LogP contribution is 2.23. The highest BCUT2D eigenvalue weighted by Gasteiger charge is 2.22. The summed E-state index contributed by atoms with van der Waals surface area (Å²) in [5, 5.41) is 5.80. The number of ether oxygens (including phenoxy) is 1. The minimum absolute atomic E-state index is 0.0472. The molecule has 1 saturated carbocycles. The molecule has 6 nitrogen and oxygen atoms in total. The highest BCUT2D eigenvalue weighted by atomic mass is 16.5. The number of methoxy groups -OCH3 is 1. The third-order valence-corrected chi connectivity index (χ3v) is 4.63. The average molecular weight is 347 g/mol. The quantitative estimate of drug-likeness (QED) is 0.708. The van der Waals surface area contributed by atoms with Crippen molar-refractivity contribution in [1.29, 1.82) is 0 Å². The van der Waals surface area contributed by atoms with E-state index in [0.29, 0.717) is 30.4 Å². The van der Waals surface area contributed by atoms with E-state index in [1.807, 2.05) is 11.9 Å². The monoisotopic (exact) mass is 347 g/mol. The van der Waals surface area contributed by atoms with Crippen LogP contribution in [-0.4, -0.2) is 56.6 Å². The van der Waals surface area contributed by atoms with Crippen LogP contribution in [0.5, 0.6) is 0 Å². The number of carbonyl (C=O) groups excluding carboxylic acids is 2. The van der Waals surface area contributed by atoms with E-state index in [-0.39, 0.29) is 18.4 Å². The first-order valence-corrected chi connectivity index (χ1v) is 8.98. The molecule has 1 fully saturated rings. The number of nitrogens with zero attached hydrogens (tertiary/aromatic N) is 1. The average Bonchev–Trinajstić information content (AvgIpc) is 2.65. The Balaban J connectivity index is 1.84. The van der Waals surface area contributed by atoms with Gasteiger partial charge in [0.1, 0.15) is 0 Å². The van der Waals surface area contributed by atoms with Crippen molar-refractivity contribution in [3.05, 3.63) is 29.8 Å². The van der Waals surface area contributed by atoms with Crippen molar-refractivity contribution < 1.29 is 14.3 Å². The number of hydrogen-bond donors (Lipinski definition) is 2. The minimum Gasteiger partial charge on any atom is -0.383 e. The molecule has 1 aliphatic carbocycles. The van der Waals surface area contributed by atoms with Gasteiger partial charge in [0, 0.05) is 38.0 Å². The second-order valence-corrected chi connectivity index (χ2v) is 6.50. The number of hydrogen-bond acceptors (Lipinski definition) is 4. The van der Waals surface area contributed by atoms with Gasteiger partial charge in [0.05, 0.1) is 13.2 Å². The van der Waals surface area contributed by atoms with Crippen LogP contribution in [-0.2, 0) is 9.53 Å². The van der Waals surface area contributed by atoms with Gasteiger partial charge < -0.3 is 20.3 Å². The van der Waals surface area contributed by atoms with Crippen LogP contribution in [0.4, 0.5) is 5.69 Å². The van der Waals surface area contributed by atoms with Crippen LogP contribution in [0.25, 0.3) is 0 Å². The Labute approximate surface area is 149 Å². The molecule has 1 aromatic carbocycles. The van der Waals surface area contributed by atoms with Crippen molar-refractivity contribution in [2.45, 2.75) is 38.1 Å². The molecule has 0 radical (unpaired) electrons. The Morgan fingerprint density at radius 1 is 1.16 bits per heavy atom. The Kier molecular flexibility index (Phi) is 7.88. The van der Waals surface area contributed by atoms with E-state index in [1.54, 1.807) is 31.4 Å². The molecule has 0 aliphatic heterocycles. The van der Waals surface area contributed by atoms with Crippen molar-refractivity contribution in [2.75, 3.05) is 39.2 Å². The van der Waals surface area contributed by atoms with Crippen molar-refractivity contribution in [3.63, 3.8) is 0 Å². The highest BCUT2D eigenvalue weighted by molar-refractivity contribution is 5.96. The fraction of sp³-hybridized carbons (Fsp3) is 0.579. The van der Waals surface area contributed by atoms with Gasteiger partial charge in [-0.15, -0.1) is 0 Å². The van der Waals surface area contributed by atoms with Gasteiger partial charge in [-0.2, -0.15) is 0 Å². The van der Waals surface area contributed by atoms with E-state index in [0.717, 1.165) is 12.8 Å². The Bertz CT molecular complexity index is 554. The summed E-state index contributed by atoms with van der Waals surface area (Å²) in [6.07, 6.45) is 5.85. The largest absolute Gasteiger partial charge is 0.383 e. The Morgan fingerprint density at radius 2 is 1.84 bits per heavy atom. The van der Waals surface area contributed by atoms with Gasteiger partial charge in [-0.3, -0.25) is 9.59 Å². The summed E-state index contributed by atoms with van der Waals surface area (Å²) < 4.78 is 4.91. The van der Waals surface area contributed by atoms with Gasteiger partial charge in [-0.25, -0.2) is 0 Å². The van der Waals surface area contributed by atoms with E-state index >= 15 is 0 Å². The molecule has 0 unspecified atom stereocenters. The second-order valence-electron chi connectivity index (χ2n) is 6.50. The molecule has 0 aromatic heterocycles. The molecule has 0 bridgehead atoms. The van der Waals surface area contributed by atoms with Gasteiger partial charge in [0.25, 0.3) is 5.91 Å². The fourth-order valence-electron chi connectivity index (χ4n) is 3.12. The number of amides is 2. The molecule has 1 aromatic rings. The maximum atomic E-state index is 12.6. The summed E-state index contributed by atoms with van der Waals surface area (Å²) in [6.45, 7) is 1.43. The summed E-state index contributed by atoms with van der Waals surface area (Å²) in [6, 6.07) is 7.44. The molecule has 2 rings (SSSR count). The molecule has 138 valence electrons. The standard InChI is InChI=1S/C19H29N3O3/c1-22(17-6-4-3-5-7-17)19(24)15-8-10-16(11-9-15)21-18(23)14-20-12-13-25-2/h8-11,17,20H,3-7,12-14H2,1-2H3,(H,21,23). The van der Waals surface area contributed by atoms with E-state index in [1.165, 1.54) is 19.3 Å². The van der Waals surface area contributed by atoms with Gasteiger partial charge in [0.15, 0.2) is 0 Å². The number of carbonyl (C=O) groups is 2. The maximum Gasteiger partial charge on any atom is 0.253 e. The third kappa shape index (κ3) is 6.14. The lowest BCUT2D eigenvalue weighted by Crippen LogP contribution is -2.38. The number of benzene rings is 1. The summed E-state index contributed by atoms with van der Waals surface area (Å²) >= 11 is 0. The molecule has 0 spiro atoms. The lowest BCUT2D eigenvalue weighted by Gasteiger charge is -2.31. The summed E-state index contributed by atoms with van der Waals surface area (Å²) in [4.78, 5) is 26.3. The minimum atomic E-state index is -0.116. The molecule has 0 heterocycles. The molecule has 0 atom stereocenters. The van der Waals surface area contributed by atoms with E-state index in [2.05, 4.69) is 10.6 Å². The van der Waals surface area contributed by atoms with Crippen LogP contribution in [0.3, 0.4) is 0 Å². The van der Waals surface area contributed by atoms with E-state index in [4.69, 9.17) is 4.74 Å². The smallest absolute Gasteiger partial charge is 0.253 e. The molecular weight excluding hydrogens is 318 g/mol. The molecule has 0 saturated heterocycles. The normalized spacial score (nSPS) is 15.0. The van der Waals surface area contributed by atoms with Crippen LogP contribution < -0.4 is 10.6 Å². The van der Waals surface area contributed by atoms with Gasteiger partial charge in [-0.05, 0) is 37.1 Å². The van der Waals surface area contributed by atoms with E-state index in [9.17, 15) is 9.59 Å². The van der Waals surface area contributed by atoms with Crippen molar-refractivity contribution in [2.24, 2.45) is 0 Å². The fourth-order valence-corrected chi connectivity index (χ4v) is 3.12. The Morgan fingerprint density at radius 3 is 2.48 bits per heavy atom. The third-order valence-electron chi connectivity index (χ3n) is 4.63. The lowest BCUT2D eigenvalue weighted by atomic mass is 9.94. The van der Waals surface area contributed by atoms with Crippen molar-refractivity contribution >= 4 is 17.5 Å². The number of rotatable bonds is 8. The van der Waals surface area contributed by atoms with Gasteiger partial charge in [-0.1, -0.05) is 19.3 Å². The van der Waals surface area contributed by atoms with Crippen LogP contribution >= 0.6 is 0 Å². The Hall–Kier alpha value is -1.92. The first-order valence-electron chi connectivity index (χ1n) is 8.98. The van der Waals surface area contributed by atoms with Gasteiger partial charge in [0.2, 0.25) is 5.91 Å². The summed E-state index contributed by atoms with van der Waals surface area (Å²) in [7, 11) is 3.51. The molecular formula is C19H29N3O3. The van der Waals surface area contributed by atoms with Crippen molar-refractivity contribution in [3.8, 4) is 0 Å². The van der Waals surface area contributed by atoms with Gasteiger partial charge >= 0.3 is 0 Å². The lowest BCUT2D eigenvalue weighted by molar-refractivity contribution is -0.115. The van der Waals surface area contributed by atoms with E-state index < -0.39 is 0 Å². The van der Waals surface area contributed by atoms with Crippen LogP contribution in [0.2, 0.25) is 0 Å². The topological polar surface area (TPSA) is 70.7 Å². The predicted molar refractivity (Wildman–Crippen MR) is 98.8 cm³/mol. The van der Waals surface area contributed by atoms with Crippen LogP contribution in [0.15, 0.2) is 24.3 Å². The molecule has 2 N–H and O–H groups in total. The molecule has 2 amide bonds. The maximum absolute atomic E-state index is 12.6. The van der Waals surface area contributed by atoms with Crippen LogP contribution in [0, 0.1) is 0 Å². The SMILES string of the molecule is COCCNCC(=O)Nc1ccc(C(=O)N(C)C2CCCCC2)cc1. The first-order chi connectivity index (χ1) is 12.1. The zero-order valence-corrected chi connectivity index (χ0v) is 15.2. The second kappa shape index (κ2) is 10.2. The first kappa shape index (κ1) is 19.4. The van der Waals surface area contributed by atoms with Crippen LogP contribution in [0.1, 0.15) is 42.5 Å². The molecule has 1 aliphatic rings. The predicted octanol–water partition coefficient (Wildman–Crippen LogP) is 2.27. The number of nitrogens with one attached hydrogen (secondary N) is 2. The zero-order valence-electron chi connectivity index (χ0n) is 15.2. The molecule has 25 heavy (non-hydrogen) atoms.